The first-order valence-electron chi connectivity index (χ1n) is 4.96. The quantitative estimate of drug-likeness (QED) is 0.729. The van der Waals surface area contributed by atoms with Crippen molar-refractivity contribution in [3.05, 3.63) is 34.0 Å². The van der Waals surface area contributed by atoms with Crippen molar-refractivity contribution in [3.8, 4) is 0 Å². The highest BCUT2D eigenvalue weighted by Crippen LogP contribution is 2.10. The minimum absolute atomic E-state index is 0.0664. The van der Waals surface area contributed by atoms with Crippen molar-refractivity contribution in [2.45, 2.75) is 39.7 Å². The molecular weight excluding hydrogens is 181 g/mol. The van der Waals surface area contributed by atoms with Gasteiger partial charge in [-0.15, -0.1) is 0 Å². The second kappa shape index (κ2) is 4.40. The highest BCUT2D eigenvalue weighted by atomic mass is 19.1. The number of rotatable bonds is 3. The molecule has 0 spiro atoms. The number of halogens is 1. The standard InChI is InChI=1S/C11H16FNO/c1-4-5-13-7-9(12)6-10(8(2)3)11(13)14/h6-8H,4-5H2,1-3H3. The summed E-state index contributed by atoms with van der Waals surface area (Å²) in [5, 5.41) is 0. The number of pyridine rings is 1. The number of hydrogen-bond donors (Lipinski definition) is 0. The monoisotopic (exact) mass is 197 g/mol. The van der Waals surface area contributed by atoms with E-state index < -0.39 is 0 Å². The van der Waals surface area contributed by atoms with Crippen LogP contribution in [0, 0.1) is 5.82 Å². The van der Waals surface area contributed by atoms with Crippen molar-refractivity contribution in [1.82, 2.24) is 4.57 Å². The molecule has 1 rings (SSSR count). The van der Waals surface area contributed by atoms with Crippen LogP contribution in [0.15, 0.2) is 17.1 Å². The fourth-order valence-corrected chi connectivity index (χ4v) is 1.44. The average molecular weight is 197 g/mol. The Hall–Kier alpha value is -1.12. The number of aromatic nitrogens is 1. The maximum Gasteiger partial charge on any atom is 0.254 e. The summed E-state index contributed by atoms with van der Waals surface area (Å²) >= 11 is 0. The van der Waals surface area contributed by atoms with Crippen LogP contribution in [-0.4, -0.2) is 4.57 Å². The zero-order valence-electron chi connectivity index (χ0n) is 8.88. The lowest BCUT2D eigenvalue weighted by molar-refractivity contribution is 0.565. The first-order valence-corrected chi connectivity index (χ1v) is 4.96. The predicted molar refractivity (Wildman–Crippen MR) is 55.0 cm³/mol. The summed E-state index contributed by atoms with van der Waals surface area (Å²) in [6, 6.07) is 1.33. The molecule has 78 valence electrons. The van der Waals surface area contributed by atoms with Crippen LogP contribution in [0.2, 0.25) is 0 Å². The van der Waals surface area contributed by atoms with Crippen molar-refractivity contribution in [2.75, 3.05) is 0 Å². The van der Waals surface area contributed by atoms with E-state index in [1.165, 1.54) is 16.8 Å². The largest absolute Gasteiger partial charge is 0.312 e. The van der Waals surface area contributed by atoms with Crippen molar-refractivity contribution < 1.29 is 4.39 Å². The van der Waals surface area contributed by atoms with Gasteiger partial charge in [0.2, 0.25) is 0 Å². The summed E-state index contributed by atoms with van der Waals surface area (Å²) in [4.78, 5) is 11.7. The van der Waals surface area contributed by atoms with Gasteiger partial charge in [0.1, 0.15) is 5.82 Å². The fraction of sp³-hybridized carbons (Fsp3) is 0.545. The van der Waals surface area contributed by atoms with Gasteiger partial charge in [0.05, 0.1) is 0 Å². The zero-order chi connectivity index (χ0) is 10.7. The van der Waals surface area contributed by atoms with E-state index in [1.54, 1.807) is 0 Å². The Labute approximate surface area is 83.4 Å². The van der Waals surface area contributed by atoms with Crippen LogP contribution in [0.3, 0.4) is 0 Å². The van der Waals surface area contributed by atoms with Gasteiger partial charge in [-0.3, -0.25) is 4.79 Å². The van der Waals surface area contributed by atoms with E-state index in [9.17, 15) is 9.18 Å². The lowest BCUT2D eigenvalue weighted by Gasteiger charge is -2.09. The molecule has 0 aromatic carbocycles. The smallest absolute Gasteiger partial charge is 0.254 e. The van der Waals surface area contributed by atoms with Gasteiger partial charge >= 0.3 is 0 Å². The Bertz CT molecular complexity index is 368. The molecule has 0 bridgehead atoms. The van der Waals surface area contributed by atoms with Crippen molar-refractivity contribution in [3.63, 3.8) is 0 Å². The summed E-state index contributed by atoms with van der Waals surface area (Å²) in [5.74, 6) is -0.261. The van der Waals surface area contributed by atoms with E-state index >= 15 is 0 Å². The van der Waals surface area contributed by atoms with Gasteiger partial charge < -0.3 is 4.57 Å². The Kier molecular flexibility index (Phi) is 3.44. The van der Waals surface area contributed by atoms with Gasteiger partial charge in [-0.25, -0.2) is 4.39 Å². The molecule has 1 aromatic heterocycles. The first-order chi connectivity index (χ1) is 6.56. The number of nitrogens with zero attached hydrogens (tertiary/aromatic N) is 1. The minimum Gasteiger partial charge on any atom is -0.312 e. The van der Waals surface area contributed by atoms with Crippen molar-refractivity contribution in [1.29, 1.82) is 0 Å². The molecule has 1 heterocycles. The number of aryl methyl sites for hydroxylation is 1. The summed E-state index contributed by atoms with van der Waals surface area (Å²) < 4.78 is 14.6. The van der Waals surface area contributed by atoms with E-state index in [2.05, 4.69) is 0 Å². The summed E-state index contributed by atoms with van der Waals surface area (Å²) in [6.07, 6.45) is 2.11. The Morgan fingerprint density at radius 1 is 1.50 bits per heavy atom. The third-order valence-electron chi connectivity index (χ3n) is 2.17. The highest BCUT2D eigenvalue weighted by Gasteiger charge is 2.09. The molecule has 3 heteroatoms. The maximum absolute atomic E-state index is 13.1. The SMILES string of the molecule is CCCn1cc(F)cc(C(C)C)c1=O. The van der Waals surface area contributed by atoms with E-state index in [1.807, 2.05) is 20.8 Å². The van der Waals surface area contributed by atoms with E-state index in [0.717, 1.165) is 6.42 Å². The van der Waals surface area contributed by atoms with Gasteiger partial charge in [0, 0.05) is 18.3 Å². The third-order valence-corrected chi connectivity index (χ3v) is 2.17. The first kappa shape index (κ1) is 11.0. The molecule has 1 aromatic rings. The second-order valence-electron chi connectivity index (χ2n) is 3.77. The third kappa shape index (κ3) is 2.22. The zero-order valence-corrected chi connectivity index (χ0v) is 8.88. The molecule has 0 aliphatic heterocycles. The molecule has 2 nitrogen and oxygen atoms in total. The molecule has 0 aliphatic rings. The normalized spacial score (nSPS) is 10.9. The van der Waals surface area contributed by atoms with Gasteiger partial charge in [-0.2, -0.15) is 0 Å². The van der Waals surface area contributed by atoms with Crippen LogP contribution >= 0.6 is 0 Å². The van der Waals surface area contributed by atoms with E-state index in [4.69, 9.17) is 0 Å². The average Bonchev–Trinajstić information content (AvgIpc) is 2.10. The molecule has 0 fully saturated rings. The molecular formula is C11H16FNO. The molecule has 0 N–H and O–H groups in total. The summed E-state index contributed by atoms with van der Waals surface area (Å²) in [6.45, 7) is 6.33. The van der Waals surface area contributed by atoms with Gasteiger partial charge in [0.15, 0.2) is 0 Å². The fourth-order valence-electron chi connectivity index (χ4n) is 1.44. The predicted octanol–water partition coefficient (Wildman–Crippen LogP) is 2.52. The summed E-state index contributed by atoms with van der Waals surface area (Å²) in [5.41, 5.74) is 0.488. The molecule has 0 atom stereocenters. The van der Waals surface area contributed by atoms with Gasteiger partial charge in [-0.1, -0.05) is 20.8 Å². The lowest BCUT2D eigenvalue weighted by atomic mass is 10.1. The van der Waals surface area contributed by atoms with Crippen LogP contribution in [0.4, 0.5) is 4.39 Å². The molecule has 0 amide bonds. The molecule has 0 saturated heterocycles. The number of hydrogen-bond acceptors (Lipinski definition) is 1. The minimum atomic E-state index is -0.332. The van der Waals surface area contributed by atoms with Crippen LogP contribution in [0.25, 0.3) is 0 Å². The summed E-state index contributed by atoms with van der Waals surface area (Å²) in [7, 11) is 0. The molecule has 0 saturated carbocycles. The molecule has 0 aliphatic carbocycles. The van der Waals surface area contributed by atoms with Crippen LogP contribution < -0.4 is 5.56 Å². The van der Waals surface area contributed by atoms with Gasteiger partial charge in [-0.05, 0) is 18.4 Å². The van der Waals surface area contributed by atoms with Crippen molar-refractivity contribution >= 4 is 0 Å². The van der Waals surface area contributed by atoms with Crippen molar-refractivity contribution in [2.24, 2.45) is 0 Å². The van der Waals surface area contributed by atoms with Crippen LogP contribution in [0.5, 0.6) is 0 Å². The maximum atomic E-state index is 13.1. The van der Waals surface area contributed by atoms with E-state index in [-0.39, 0.29) is 17.3 Å². The molecule has 0 radical (unpaired) electrons. The Morgan fingerprint density at radius 3 is 2.64 bits per heavy atom. The highest BCUT2D eigenvalue weighted by molar-refractivity contribution is 5.15. The van der Waals surface area contributed by atoms with Crippen LogP contribution in [0.1, 0.15) is 38.7 Å². The van der Waals surface area contributed by atoms with Gasteiger partial charge in [0.25, 0.3) is 5.56 Å². The lowest BCUT2D eigenvalue weighted by Crippen LogP contribution is -2.24. The topological polar surface area (TPSA) is 22.0 Å². The van der Waals surface area contributed by atoms with E-state index in [0.29, 0.717) is 12.1 Å². The van der Waals surface area contributed by atoms with Crippen LogP contribution in [-0.2, 0) is 6.54 Å². The second-order valence-corrected chi connectivity index (χ2v) is 3.77. The Balaban J connectivity index is 3.25. The molecule has 14 heavy (non-hydrogen) atoms. The molecule has 0 unspecified atom stereocenters. The Morgan fingerprint density at radius 2 is 2.14 bits per heavy atom.